The monoisotopic (exact) mass is 280 g/mol. The van der Waals surface area contributed by atoms with Gasteiger partial charge >= 0.3 is 0 Å². The van der Waals surface area contributed by atoms with Crippen LogP contribution >= 0.6 is 0 Å². The third kappa shape index (κ3) is 2.50. The third-order valence-corrected chi connectivity index (χ3v) is 3.39. The molecule has 0 aliphatic carbocycles. The third-order valence-electron chi connectivity index (χ3n) is 3.39. The van der Waals surface area contributed by atoms with E-state index in [0.29, 0.717) is 23.5 Å². The number of nitrogens with zero attached hydrogens (tertiary/aromatic N) is 2. The van der Waals surface area contributed by atoms with Crippen molar-refractivity contribution in [1.29, 1.82) is 0 Å². The maximum Gasteiger partial charge on any atom is 0.256 e. The molecule has 0 atom stereocenters. The Morgan fingerprint density at radius 1 is 1.14 bits per heavy atom. The number of nitrogens with one attached hydrogen (secondary N) is 1. The lowest BCUT2D eigenvalue weighted by molar-refractivity contribution is 0.891. The van der Waals surface area contributed by atoms with Crippen LogP contribution in [-0.2, 0) is 6.42 Å². The second kappa shape index (κ2) is 5.36. The molecule has 0 fully saturated rings. The molecular formula is C16H16N4O. The van der Waals surface area contributed by atoms with Crippen LogP contribution in [0.1, 0.15) is 18.9 Å². The number of nitrogen functional groups attached to an aromatic ring is 1. The van der Waals surface area contributed by atoms with Crippen LogP contribution in [0, 0.1) is 0 Å². The van der Waals surface area contributed by atoms with E-state index in [0.717, 1.165) is 17.3 Å². The van der Waals surface area contributed by atoms with Crippen molar-refractivity contribution in [3.63, 3.8) is 0 Å². The largest absolute Gasteiger partial charge is 0.383 e. The van der Waals surface area contributed by atoms with Gasteiger partial charge in [0.05, 0.1) is 11.1 Å². The minimum atomic E-state index is -0.186. The zero-order valence-corrected chi connectivity index (χ0v) is 11.8. The van der Waals surface area contributed by atoms with Gasteiger partial charge in [-0.2, -0.15) is 0 Å². The smallest absolute Gasteiger partial charge is 0.256 e. The number of anilines is 1. The Morgan fingerprint density at radius 2 is 1.95 bits per heavy atom. The molecule has 0 bridgehead atoms. The van der Waals surface area contributed by atoms with Crippen LogP contribution in [0.5, 0.6) is 0 Å². The summed E-state index contributed by atoms with van der Waals surface area (Å²) < 4.78 is 0. The maximum absolute atomic E-state index is 12.1. The molecule has 5 nitrogen and oxygen atoms in total. The van der Waals surface area contributed by atoms with Gasteiger partial charge in [0.1, 0.15) is 11.5 Å². The fourth-order valence-corrected chi connectivity index (χ4v) is 2.33. The SMILES string of the molecule is CCCc1c(N)nc(-c2ccc3ccccc3n2)[nH]c1=O. The highest BCUT2D eigenvalue weighted by molar-refractivity contribution is 5.80. The Kier molecular flexibility index (Phi) is 3.39. The molecule has 0 aliphatic heterocycles. The highest BCUT2D eigenvalue weighted by Crippen LogP contribution is 2.18. The van der Waals surface area contributed by atoms with Crippen LogP contribution in [0.15, 0.2) is 41.2 Å². The van der Waals surface area contributed by atoms with Crippen molar-refractivity contribution in [3.8, 4) is 11.5 Å². The number of hydrogen-bond acceptors (Lipinski definition) is 4. The number of aromatic nitrogens is 3. The van der Waals surface area contributed by atoms with Crippen molar-refractivity contribution in [2.75, 3.05) is 5.73 Å². The molecule has 0 saturated heterocycles. The fourth-order valence-electron chi connectivity index (χ4n) is 2.33. The summed E-state index contributed by atoms with van der Waals surface area (Å²) in [5, 5.41) is 1.04. The van der Waals surface area contributed by atoms with E-state index in [4.69, 9.17) is 5.73 Å². The van der Waals surface area contributed by atoms with Crippen molar-refractivity contribution < 1.29 is 0 Å². The van der Waals surface area contributed by atoms with Gasteiger partial charge in [0.15, 0.2) is 5.82 Å². The normalized spacial score (nSPS) is 10.9. The Labute approximate surface area is 121 Å². The van der Waals surface area contributed by atoms with Gasteiger partial charge < -0.3 is 10.7 Å². The molecule has 106 valence electrons. The first-order valence-corrected chi connectivity index (χ1v) is 6.94. The number of fused-ring (bicyclic) bond motifs is 1. The zero-order valence-electron chi connectivity index (χ0n) is 11.8. The Hall–Kier alpha value is -2.69. The van der Waals surface area contributed by atoms with Crippen LogP contribution in [-0.4, -0.2) is 15.0 Å². The number of nitrogens with two attached hydrogens (primary N) is 1. The Balaban J connectivity index is 2.12. The van der Waals surface area contributed by atoms with Crippen molar-refractivity contribution in [2.24, 2.45) is 0 Å². The van der Waals surface area contributed by atoms with Gasteiger partial charge in [0.2, 0.25) is 0 Å². The number of para-hydroxylation sites is 1. The molecule has 2 aromatic heterocycles. The predicted octanol–water partition coefficient (Wildman–Crippen LogP) is 2.52. The standard InChI is InChI=1S/C16H16N4O/c1-2-5-11-14(17)19-15(20-16(11)21)13-9-8-10-6-3-4-7-12(10)18-13/h3-4,6-9H,2,5H2,1H3,(H3,17,19,20,21). The summed E-state index contributed by atoms with van der Waals surface area (Å²) in [7, 11) is 0. The number of rotatable bonds is 3. The van der Waals surface area contributed by atoms with E-state index in [1.54, 1.807) is 0 Å². The first kappa shape index (κ1) is 13.3. The molecule has 1 aromatic carbocycles. The summed E-state index contributed by atoms with van der Waals surface area (Å²) in [5.41, 5.74) is 7.72. The number of hydrogen-bond donors (Lipinski definition) is 2. The minimum absolute atomic E-state index is 0.186. The predicted molar refractivity (Wildman–Crippen MR) is 84.0 cm³/mol. The number of benzene rings is 1. The summed E-state index contributed by atoms with van der Waals surface area (Å²) in [6.45, 7) is 2.00. The van der Waals surface area contributed by atoms with Crippen LogP contribution in [0.25, 0.3) is 22.4 Å². The molecule has 0 amide bonds. The van der Waals surface area contributed by atoms with E-state index >= 15 is 0 Å². The van der Waals surface area contributed by atoms with Crippen molar-refractivity contribution >= 4 is 16.7 Å². The van der Waals surface area contributed by atoms with Gasteiger partial charge in [0, 0.05) is 5.39 Å². The summed E-state index contributed by atoms with van der Waals surface area (Å²) in [6, 6.07) is 11.6. The van der Waals surface area contributed by atoms with Gasteiger partial charge in [0.25, 0.3) is 5.56 Å². The molecule has 3 N–H and O–H groups in total. The van der Waals surface area contributed by atoms with Gasteiger partial charge in [-0.1, -0.05) is 37.6 Å². The van der Waals surface area contributed by atoms with Crippen molar-refractivity contribution in [2.45, 2.75) is 19.8 Å². The number of H-pyrrole nitrogens is 1. The molecule has 0 spiro atoms. The van der Waals surface area contributed by atoms with Crippen LogP contribution in [0.3, 0.4) is 0 Å². The quantitative estimate of drug-likeness (QED) is 0.772. The molecule has 3 rings (SSSR count). The van der Waals surface area contributed by atoms with E-state index in [-0.39, 0.29) is 11.4 Å². The van der Waals surface area contributed by atoms with Gasteiger partial charge in [-0.05, 0) is 18.6 Å². The number of aromatic amines is 1. The lowest BCUT2D eigenvalue weighted by Gasteiger charge is -2.06. The average Bonchev–Trinajstić information content (AvgIpc) is 2.50. The first-order valence-electron chi connectivity index (χ1n) is 6.94. The lowest BCUT2D eigenvalue weighted by Crippen LogP contribution is -2.18. The molecule has 0 unspecified atom stereocenters. The van der Waals surface area contributed by atoms with Gasteiger partial charge in [-0.3, -0.25) is 4.79 Å². The van der Waals surface area contributed by atoms with Crippen molar-refractivity contribution in [3.05, 3.63) is 52.3 Å². The summed E-state index contributed by atoms with van der Waals surface area (Å²) in [4.78, 5) is 23.7. The molecule has 0 aliphatic rings. The lowest BCUT2D eigenvalue weighted by atomic mass is 10.1. The molecule has 5 heteroatoms. The van der Waals surface area contributed by atoms with Crippen LogP contribution in [0.4, 0.5) is 5.82 Å². The van der Waals surface area contributed by atoms with Crippen LogP contribution in [0.2, 0.25) is 0 Å². The minimum Gasteiger partial charge on any atom is -0.383 e. The summed E-state index contributed by atoms with van der Waals surface area (Å²) in [5.74, 6) is 0.689. The second-order valence-corrected chi connectivity index (χ2v) is 4.92. The van der Waals surface area contributed by atoms with Crippen molar-refractivity contribution in [1.82, 2.24) is 15.0 Å². The topological polar surface area (TPSA) is 84.7 Å². The molecule has 0 saturated carbocycles. The summed E-state index contributed by atoms with van der Waals surface area (Å²) >= 11 is 0. The molecule has 21 heavy (non-hydrogen) atoms. The highest BCUT2D eigenvalue weighted by Gasteiger charge is 2.10. The Morgan fingerprint density at radius 3 is 2.71 bits per heavy atom. The summed E-state index contributed by atoms with van der Waals surface area (Å²) in [6.07, 6.45) is 1.47. The maximum atomic E-state index is 12.1. The molecule has 3 aromatic rings. The van der Waals surface area contributed by atoms with E-state index in [2.05, 4.69) is 15.0 Å². The highest BCUT2D eigenvalue weighted by atomic mass is 16.1. The molecule has 0 radical (unpaired) electrons. The fraction of sp³-hybridized carbons (Fsp3) is 0.188. The van der Waals surface area contributed by atoms with Gasteiger partial charge in [-0.15, -0.1) is 0 Å². The average molecular weight is 280 g/mol. The van der Waals surface area contributed by atoms with E-state index in [1.807, 2.05) is 43.3 Å². The first-order chi connectivity index (χ1) is 10.2. The number of pyridine rings is 1. The molecular weight excluding hydrogens is 264 g/mol. The van der Waals surface area contributed by atoms with E-state index in [9.17, 15) is 4.79 Å². The van der Waals surface area contributed by atoms with Crippen LogP contribution < -0.4 is 11.3 Å². The van der Waals surface area contributed by atoms with Gasteiger partial charge in [-0.25, -0.2) is 9.97 Å². The van der Waals surface area contributed by atoms with E-state index < -0.39 is 0 Å². The van der Waals surface area contributed by atoms with E-state index in [1.165, 1.54) is 0 Å². The Bertz CT molecular complexity index is 854. The zero-order chi connectivity index (χ0) is 14.8. The second-order valence-electron chi connectivity index (χ2n) is 4.92. The molecule has 2 heterocycles.